The number of aryl methyl sites for hydroxylation is 1. The van der Waals surface area contributed by atoms with E-state index < -0.39 is 0 Å². The van der Waals surface area contributed by atoms with Crippen LogP contribution in [0.1, 0.15) is 5.56 Å². The molecule has 78 valence electrons. The van der Waals surface area contributed by atoms with E-state index in [1.165, 1.54) is 16.3 Å². The fourth-order valence-electron chi connectivity index (χ4n) is 2.13. The second kappa shape index (κ2) is 3.56. The number of rotatable bonds is 0. The smallest absolute Gasteiger partial charge is 0.0723 e. The lowest BCUT2D eigenvalue weighted by molar-refractivity contribution is 1.45. The zero-order valence-electron chi connectivity index (χ0n) is 8.87. The Labute approximate surface area is 102 Å². The Bertz CT molecular complexity index is 689. The van der Waals surface area contributed by atoms with Gasteiger partial charge in [0, 0.05) is 15.2 Å². The summed E-state index contributed by atoms with van der Waals surface area (Å²) in [5, 5.41) is 2.43. The number of benzene rings is 2. The highest BCUT2D eigenvalue weighted by atomic mass is 79.9. The van der Waals surface area contributed by atoms with Gasteiger partial charge in [-0.15, -0.1) is 0 Å². The van der Waals surface area contributed by atoms with Crippen molar-refractivity contribution in [2.75, 3.05) is 0 Å². The molecule has 0 fully saturated rings. The van der Waals surface area contributed by atoms with E-state index in [4.69, 9.17) is 0 Å². The van der Waals surface area contributed by atoms with Crippen LogP contribution in [0, 0.1) is 6.92 Å². The van der Waals surface area contributed by atoms with Gasteiger partial charge in [-0.1, -0.05) is 40.2 Å². The molecular weight excluding hydrogens is 262 g/mol. The van der Waals surface area contributed by atoms with Crippen LogP contribution in [0.15, 0.2) is 46.9 Å². The van der Waals surface area contributed by atoms with Gasteiger partial charge in [-0.25, -0.2) is 4.98 Å². The summed E-state index contributed by atoms with van der Waals surface area (Å²) in [6.45, 7) is 2.15. The molecule has 1 aromatic heterocycles. The molecule has 2 heteroatoms. The second-order valence-electron chi connectivity index (χ2n) is 3.89. The van der Waals surface area contributed by atoms with Gasteiger partial charge in [0.05, 0.1) is 11.0 Å². The molecule has 3 aromatic rings. The molecule has 0 saturated heterocycles. The maximum atomic E-state index is 4.67. The summed E-state index contributed by atoms with van der Waals surface area (Å²) in [6, 6.07) is 14.4. The highest BCUT2D eigenvalue weighted by Gasteiger charge is 2.06. The highest BCUT2D eigenvalue weighted by molar-refractivity contribution is 9.10. The molecule has 0 aliphatic heterocycles. The molecular formula is C14H10BrN. The van der Waals surface area contributed by atoms with Crippen molar-refractivity contribution in [3.05, 3.63) is 52.5 Å². The standard InChI is InChI=1S/C14H10BrN/c1-9-10-5-2-3-7-12(10)16-13-8-4-6-11(15)14(9)13/h2-8H,1H3. The Morgan fingerprint density at radius 1 is 0.938 bits per heavy atom. The SMILES string of the molecule is Cc1c2ccccc2nc2cccc(Br)c12. The molecule has 0 saturated carbocycles. The summed E-state index contributed by atoms with van der Waals surface area (Å²) < 4.78 is 1.11. The molecule has 0 radical (unpaired) electrons. The Kier molecular flexibility index (Phi) is 2.18. The maximum Gasteiger partial charge on any atom is 0.0723 e. The average molecular weight is 272 g/mol. The van der Waals surface area contributed by atoms with E-state index in [-0.39, 0.29) is 0 Å². The van der Waals surface area contributed by atoms with Crippen LogP contribution in [-0.4, -0.2) is 4.98 Å². The van der Waals surface area contributed by atoms with Crippen LogP contribution in [0.3, 0.4) is 0 Å². The van der Waals surface area contributed by atoms with Crippen LogP contribution in [-0.2, 0) is 0 Å². The van der Waals surface area contributed by atoms with Crippen LogP contribution < -0.4 is 0 Å². The third kappa shape index (κ3) is 1.34. The largest absolute Gasteiger partial charge is 0.248 e. The summed E-state index contributed by atoms with van der Waals surface area (Å²) in [5.74, 6) is 0. The first-order valence-corrected chi connectivity index (χ1v) is 6.00. The van der Waals surface area contributed by atoms with Gasteiger partial charge in [0.15, 0.2) is 0 Å². The minimum atomic E-state index is 1.05. The van der Waals surface area contributed by atoms with E-state index in [1.807, 2.05) is 12.1 Å². The molecule has 0 atom stereocenters. The molecule has 1 heterocycles. The number of hydrogen-bond acceptors (Lipinski definition) is 1. The minimum Gasteiger partial charge on any atom is -0.248 e. The highest BCUT2D eigenvalue weighted by Crippen LogP contribution is 2.30. The number of aromatic nitrogens is 1. The minimum absolute atomic E-state index is 1.05. The zero-order valence-corrected chi connectivity index (χ0v) is 10.5. The van der Waals surface area contributed by atoms with Crippen LogP contribution in [0.4, 0.5) is 0 Å². The van der Waals surface area contributed by atoms with E-state index in [0.717, 1.165) is 15.5 Å². The summed E-state index contributed by atoms with van der Waals surface area (Å²) in [7, 11) is 0. The van der Waals surface area contributed by atoms with Gasteiger partial charge >= 0.3 is 0 Å². The predicted octanol–water partition coefficient (Wildman–Crippen LogP) is 4.46. The zero-order chi connectivity index (χ0) is 11.1. The molecule has 0 amide bonds. The number of nitrogens with zero attached hydrogens (tertiary/aromatic N) is 1. The molecule has 0 bridgehead atoms. The molecule has 0 N–H and O–H groups in total. The van der Waals surface area contributed by atoms with Gasteiger partial charge in [0.1, 0.15) is 0 Å². The number of fused-ring (bicyclic) bond motifs is 2. The number of hydrogen-bond donors (Lipinski definition) is 0. The van der Waals surface area contributed by atoms with E-state index in [2.05, 4.69) is 58.2 Å². The second-order valence-corrected chi connectivity index (χ2v) is 4.74. The summed E-state index contributed by atoms with van der Waals surface area (Å²) in [6.07, 6.45) is 0. The first kappa shape index (κ1) is 9.79. The molecule has 3 rings (SSSR count). The Balaban J connectivity index is 2.62. The molecule has 0 unspecified atom stereocenters. The molecule has 0 aliphatic rings. The van der Waals surface area contributed by atoms with Gasteiger partial charge < -0.3 is 0 Å². The van der Waals surface area contributed by atoms with Crippen LogP contribution >= 0.6 is 15.9 Å². The predicted molar refractivity (Wildman–Crippen MR) is 71.7 cm³/mol. The van der Waals surface area contributed by atoms with Gasteiger partial charge in [-0.05, 0) is 30.7 Å². The van der Waals surface area contributed by atoms with Crippen molar-refractivity contribution in [2.24, 2.45) is 0 Å². The van der Waals surface area contributed by atoms with Crippen molar-refractivity contribution in [3.8, 4) is 0 Å². The van der Waals surface area contributed by atoms with E-state index in [1.54, 1.807) is 0 Å². The molecule has 16 heavy (non-hydrogen) atoms. The fourth-order valence-corrected chi connectivity index (χ4v) is 2.78. The van der Waals surface area contributed by atoms with Crippen molar-refractivity contribution in [2.45, 2.75) is 6.92 Å². The Morgan fingerprint density at radius 2 is 1.69 bits per heavy atom. The quantitative estimate of drug-likeness (QED) is 0.550. The topological polar surface area (TPSA) is 12.9 Å². The molecule has 2 aromatic carbocycles. The third-order valence-corrected chi connectivity index (χ3v) is 3.58. The van der Waals surface area contributed by atoms with Gasteiger partial charge in [0.25, 0.3) is 0 Å². The van der Waals surface area contributed by atoms with E-state index in [9.17, 15) is 0 Å². The maximum absolute atomic E-state index is 4.67. The van der Waals surface area contributed by atoms with Crippen molar-refractivity contribution in [3.63, 3.8) is 0 Å². The third-order valence-electron chi connectivity index (χ3n) is 2.92. The van der Waals surface area contributed by atoms with Crippen LogP contribution in [0.2, 0.25) is 0 Å². The Morgan fingerprint density at radius 3 is 2.56 bits per heavy atom. The van der Waals surface area contributed by atoms with Crippen LogP contribution in [0.25, 0.3) is 21.8 Å². The molecule has 0 aliphatic carbocycles. The lowest BCUT2D eigenvalue weighted by Crippen LogP contribution is -1.87. The van der Waals surface area contributed by atoms with Crippen molar-refractivity contribution >= 4 is 37.7 Å². The van der Waals surface area contributed by atoms with E-state index in [0.29, 0.717) is 0 Å². The van der Waals surface area contributed by atoms with Crippen LogP contribution in [0.5, 0.6) is 0 Å². The van der Waals surface area contributed by atoms with E-state index >= 15 is 0 Å². The summed E-state index contributed by atoms with van der Waals surface area (Å²) in [5.41, 5.74) is 3.39. The fraction of sp³-hybridized carbons (Fsp3) is 0.0714. The normalized spacial score (nSPS) is 11.1. The summed E-state index contributed by atoms with van der Waals surface area (Å²) in [4.78, 5) is 4.67. The van der Waals surface area contributed by atoms with Gasteiger partial charge in [0.2, 0.25) is 0 Å². The summed E-state index contributed by atoms with van der Waals surface area (Å²) >= 11 is 3.59. The van der Waals surface area contributed by atoms with Gasteiger partial charge in [-0.2, -0.15) is 0 Å². The number of pyridine rings is 1. The Hall–Kier alpha value is -1.41. The van der Waals surface area contributed by atoms with Crippen molar-refractivity contribution < 1.29 is 0 Å². The van der Waals surface area contributed by atoms with Crippen molar-refractivity contribution in [1.82, 2.24) is 4.98 Å². The molecule has 0 spiro atoms. The first-order chi connectivity index (χ1) is 7.77. The number of para-hydroxylation sites is 1. The number of halogens is 1. The first-order valence-electron chi connectivity index (χ1n) is 5.21. The van der Waals surface area contributed by atoms with Gasteiger partial charge in [-0.3, -0.25) is 0 Å². The lowest BCUT2D eigenvalue weighted by Gasteiger charge is -2.07. The monoisotopic (exact) mass is 271 g/mol. The molecule has 1 nitrogen and oxygen atoms in total. The lowest BCUT2D eigenvalue weighted by atomic mass is 10.0. The average Bonchev–Trinajstić information content (AvgIpc) is 2.29. The van der Waals surface area contributed by atoms with Crippen molar-refractivity contribution in [1.29, 1.82) is 0 Å².